The summed E-state index contributed by atoms with van der Waals surface area (Å²) in [5, 5.41) is 19.2. The van der Waals surface area contributed by atoms with Crippen LogP contribution in [0.5, 0.6) is 0 Å². The van der Waals surface area contributed by atoms with Crippen LogP contribution in [0, 0.1) is 0 Å². The third kappa shape index (κ3) is 3.77. The SMILES string of the molecule is CCc1nnc(-c2ccc(SN3C=C(Nc4cc(C5CC5)[nH]n4)n4ccnc4C3)cc2)o1. The number of hydrogen-bond acceptors (Lipinski definition) is 8. The lowest BCUT2D eigenvalue weighted by molar-refractivity contribution is 0.513. The van der Waals surface area contributed by atoms with Crippen molar-refractivity contribution in [1.82, 2.24) is 34.3 Å². The summed E-state index contributed by atoms with van der Waals surface area (Å²) in [6.07, 6.45) is 9.09. The van der Waals surface area contributed by atoms with E-state index in [0.717, 1.165) is 34.3 Å². The number of nitrogens with zero attached hydrogens (tertiary/aromatic N) is 6. The fourth-order valence-electron chi connectivity index (χ4n) is 3.65. The zero-order valence-corrected chi connectivity index (χ0v) is 18.3. The lowest BCUT2D eigenvalue weighted by atomic mass is 10.2. The molecule has 1 aliphatic heterocycles. The number of anilines is 1. The summed E-state index contributed by atoms with van der Waals surface area (Å²) in [5.41, 5.74) is 2.12. The highest BCUT2D eigenvalue weighted by Gasteiger charge is 2.26. The van der Waals surface area contributed by atoms with Gasteiger partial charge in [0.1, 0.15) is 11.6 Å². The van der Waals surface area contributed by atoms with Gasteiger partial charge >= 0.3 is 0 Å². The van der Waals surface area contributed by atoms with Gasteiger partial charge < -0.3 is 14.0 Å². The molecule has 0 bridgehead atoms. The van der Waals surface area contributed by atoms with Gasteiger partial charge in [0.25, 0.3) is 0 Å². The zero-order chi connectivity index (χ0) is 21.5. The fourth-order valence-corrected chi connectivity index (χ4v) is 4.51. The Labute approximate surface area is 189 Å². The molecule has 1 saturated carbocycles. The Morgan fingerprint density at radius 1 is 1.22 bits per heavy atom. The van der Waals surface area contributed by atoms with Crippen LogP contribution in [0.3, 0.4) is 0 Å². The molecule has 0 radical (unpaired) electrons. The number of hydrogen-bond donors (Lipinski definition) is 2. The molecule has 0 atom stereocenters. The topological polar surface area (TPSA) is 101 Å². The minimum atomic E-state index is 0.550. The molecule has 4 aromatic rings. The van der Waals surface area contributed by atoms with Gasteiger partial charge in [-0.1, -0.05) is 6.92 Å². The van der Waals surface area contributed by atoms with E-state index in [9.17, 15) is 0 Å². The molecule has 1 aromatic carbocycles. The molecule has 4 heterocycles. The van der Waals surface area contributed by atoms with E-state index in [1.54, 1.807) is 11.9 Å². The van der Waals surface area contributed by atoms with Crippen molar-refractivity contribution in [3.05, 3.63) is 66.3 Å². The minimum absolute atomic E-state index is 0.550. The molecule has 2 N–H and O–H groups in total. The van der Waals surface area contributed by atoms with Crippen LogP contribution in [0.15, 0.2) is 58.2 Å². The van der Waals surface area contributed by atoms with E-state index >= 15 is 0 Å². The van der Waals surface area contributed by atoms with Crippen LogP contribution >= 0.6 is 11.9 Å². The molecule has 32 heavy (non-hydrogen) atoms. The first-order valence-electron chi connectivity index (χ1n) is 10.7. The van der Waals surface area contributed by atoms with E-state index in [0.29, 0.717) is 24.2 Å². The molecule has 9 nitrogen and oxygen atoms in total. The van der Waals surface area contributed by atoms with Gasteiger partial charge in [-0.3, -0.25) is 9.67 Å². The predicted molar refractivity (Wildman–Crippen MR) is 121 cm³/mol. The highest BCUT2D eigenvalue weighted by atomic mass is 32.2. The molecule has 0 amide bonds. The van der Waals surface area contributed by atoms with Gasteiger partial charge in [0.05, 0.1) is 12.7 Å². The number of rotatable bonds is 7. The van der Waals surface area contributed by atoms with Crippen molar-refractivity contribution in [2.24, 2.45) is 0 Å². The van der Waals surface area contributed by atoms with E-state index in [2.05, 4.69) is 64.0 Å². The van der Waals surface area contributed by atoms with Gasteiger partial charge in [-0.15, -0.1) is 10.2 Å². The van der Waals surface area contributed by atoms with Crippen LogP contribution < -0.4 is 5.32 Å². The quantitative estimate of drug-likeness (QED) is 0.401. The maximum absolute atomic E-state index is 5.65. The minimum Gasteiger partial charge on any atom is -0.421 e. The van der Waals surface area contributed by atoms with Crippen LogP contribution in [0.1, 0.15) is 43.1 Å². The van der Waals surface area contributed by atoms with Crippen LogP contribution in [-0.2, 0) is 13.0 Å². The molecule has 0 unspecified atom stereocenters. The smallest absolute Gasteiger partial charge is 0.247 e. The summed E-state index contributed by atoms with van der Waals surface area (Å²) in [4.78, 5) is 5.63. The number of nitrogens with one attached hydrogen (secondary N) is 2. The van der Waals surface area contributed by atoms with Gasteiger partial charge in [-0.25, -0.2) is 4.98 Å². The second kappa shape index (κ2) is 7.86. The summed E-state index contributed by atoms with van der Waals surface area (Å²) in [5.74, 6) is 4.54. The lowest BCUT2D eigenvalue weighted by Gasteiger charge is -2.26. The summed E-state index contributed by atoms with van der Waals surface area (Å²) in [6.45, 7) is 2.69. The van der Waals surface area contributed by atoms with Crippen molar-refractivity contribution in [3.8, 4) is 11.5 Å². The summed E-state index contributed by atoms with van der Waals surface area (Å²) < 4.78 is 9.88. The van der Waals surface area contributed by atoms with E-state index in [1.807, 2.05) is 31.5 Å². The van der Waals surface area contributed by atoms with Gasteiger partial charge in [-0.2, -0.15) is 5.10 Å². The molecule has 10 heteroatoms. The van der Waals surface area contributed by atoms with Crippen molar-refractivity contribution < 1.29 is 4.42 Å². The molecule has 6 rings (SSSR count). The molecule has 0 spiro atoms. The highest BCUT2D eigenvalue weighted by molar-refractivity contribution is 7.97. The Morgan fingerprint density at radius 2 is 2.09 bits per heavy atom. The standard InChI is InChI=1S/C22H22N8OS/c1-2-21-27-28-22(31-21)15-5-7-16(8-6-15)32-29-12-19-23-9-10-30(19)20(13-29)24-18-11-17(25-26-18)14-3-4-14/h5-11,13-14H,2-4,12H2,1H3,(H2,24,25,26). The second-order valence-electron chi connectivity index (χ2n) is 7.88. The maximum atomic E-state index is 5.65. The van der Waals surface area contributed by atoms with Crippen LogP contribution in [0.4, 0.5) is 5.82 Å². The van der Waals surface area contributed by atoms with Gasteiger partial charge in [0.15, 0.2) is 5.82 Å². The summed E-state index contributed by atoms with van der Waals surface area (Å²) in [7, 11) is 0. The molecule has 3 aromatic heterocycles. The lowest BCUT2D eigenvalue weighted by Crippen LogP contribution is -2.23. The molecule has 162 valence electrons. The van der Waals surface area contributed by atoms with Gasteiger partial charge in [-0.05, 0) is 49.1 Å². The van der Waals surface area contributed by atoms with Crippen molar-refractivity contribution in [2.45, 2.75) is 43.5 Å². The molecule has 0 saturated heterocycles. The average Bonchev–Trinajstić information content (AvgIpc) is 3.19. The van der Waals surface area contributed by atoms with Crippen LogP contribution in [-0.4, -0.2) is 34.3 Å². The Morgan fingerprint density at radius 3 is 2.88 bits per heavy atom. The number of fused-ring (bicyclic) bond motifs is 1. The third-order valence-electron chi connectivity index (χ3n) is 5.50. The molecular formula is C22H22N8OS. The first-order chi connectivity index (χ1) is 15.7. The normalized spacial score (nSPS) is 15.5. The first kappa shape index (κ1) is 19.2. The summed E-state index contributed by atoms with van der Waals surface area (Å²) in [6, 6.07) is 10.2. The van der Waals surface area contributed by atoms with Crippen LogP contribution in [0.2, 0.25) is 0 Å². The Hall–Kier alpha value is -3.53. The maximum Gasteiger partial charge on any atom is 0.247 e. The molecular weight excluding hydrogens is 424 g/mol. The zero-order valence-electron chi connectivity index (χ0n) is 17.5. The first-order valence-corrected chi connectivity index (χ1v) is 11.5. The Balaban J connectivity index is 1.19. The monoisotopic (exact) mass is 446 g/mol. The van der Waals surface area contributed by atoms with E-state index in [-0.39, 0.29) is 0 Å². The number of aryl methyl sites for hydroxylation is 1. The Bertz CT molecular complexity index is 1270. The highest BCUT2D eigenvalue weighted by Crippen LogP contribution is 2.40. The fraction of sp³-hybridized carbons (Fsp3) is 0.273. The predicted octanol–water partition coefficient (Wildman–Crippen LogP) is 4.49. The van der Waals surface area contributed by atoms with Gasteiger partial charge in [0, 0.05) is 47.0 Å². The molecule has 1 aliphatic carbocycles. The van der Waals surface area contributed by atoms with Gasteiger partial charge in [0.2, 0.25) is 11.8 Å². The van der Waals surface area contributed by atoms with E-state index < -0.39 is 0 Å². The second-order valence-corrected chi connectivity index (χ2v) is 9.00. The van der Waals surface area contributed by atoms with Crippen LogP contribution in [0.25, 0.3) is 17.3 Å². The molecule has 1 fully saturated rings. The van der Waals surface area contributed by atoms with Crippen molar-refractivity contribution in [1.29, 1.82) is 0 Å². The van der Waals surface area contributed by atoms with Crippen molar-refractivity contribution in [3.63, 3.8) is 0 Å². The third-order valence-corrected chi connectivity index (χ3v) is 6.46. The van der Waals surface area contributed by atoms with Crippen molar-refractivity contribution >= 4 is 23.6 Å². The van der Waals surface area contributed by atoms with E-state index in [4.69, 9.17) is 4.42 Å². The summed E-state index contributed by atoms with van der Waals surface area (Å²) >= 11 is 1.65. The number of aromatic amines is 1. The van der Waals surface area contributed by atoms with Crippen molar-refractivity contribution in [2.75, 3.05) is 5.32 Å². The largest absolute Gasteiger partial charge is 0.421 e. The number of H-pyrrole nitrogens is 1. The number of imidazole rings is 1. The average molecular weight is 447 g/mol. The molecule has 2 aliphatic rings. The Kier molecular flexibility index (Phi) is 4.71. The number of aromatic nitrogens is 6. The van der Waals surface area contributed by atoms with E-state index in [1.165, 1.54) is 18.5 Å². The number of benzene rings is 1.